The minimum atomic E-state index is -1.05. The first kappa shape index (κ1) is 14.8. The predicted molar refractivity (Wildman–Crippen MR) is 79.6 cm³/mol. The van der Waals surface area contributed by atoms with E-state index in [1.54, 1.807) is 24.0 Å². The molecule has 0 aromatic heterocycles. The lowest BCUT2D eigenvalue weighted by Crippen LogP contribution is -2.39. The van der Waals surface area contributed by atoms with Crippen LogP contribution < -0.4 is 0 Å². The topological polar surface area (TPSA) is 49.9 Å². The van der Waals surface area contributed by atoms with Gasteiger partial charge in [0.25, 0.3) is 0 Å². The van der Waals surface area contributed by atoms with E-state index in [0.717, 1.165) is 12.0 Å². The average Bonchev–Trinajstić information content (AvgIpc) is 3.16. The quantitative estimate of drug-likeness (QED) is 0.633. The highest BCUT2D eigenvalue weighted by molar-refractivity contribution is 6.36. The SMILES string of the molecule is CCCN1C(=O)C(c2c(C)cc(Cl)cc2Cl)C(=O)C12CO2. The predicted octanol–water partition coefficient (Wildman–Crippen LogP) is 2.93. The molecule has 6 heteroatoms. The van der Waals surface area contributed by atoms with Crippen molar-refractivity contribution in [3.63, 3.8) is 0 Å². The maximum absolute atomic E-state index is 12.7. The van der Waals surface area contributed by atoms with Crippen molar-refractivity contribution >= 4 is 34.9 Å². The Kier molecular flexibility index (Phi) is 3.51. The summed E-state index contributed by atoms with van der Waals surface area (Å²) in [5.74, 6) is -1.33. The number of aryl methyl sites for hydroxylation is 1. The van der Waals surface area contributed by atoms with E-state index in [2.05, 4.69) is 0 Å². The number of hydrogen-bond acceptors (Lipinski definition) is 3. The molecule has 2 unspecified atom stereocenters. The van der Waals surface area contributed by atoms with Crippen LogP contribution >= 0.6 is 23.2 Å². The Morgan fingerprint density at radius 1 is 1.38 bits per heavy atom. The zero-order chi connectivity index (χ0) is 15.4. The molecule has 0 aliphatic carbocycles. The van der Waals surface area contributed by atoms with Crippen LogP contribution in [0.2, 0.25) is 10.0 Å². The van der Waals surface area contributed by atoms with Crippen LogP contribution in [-0.4, -0.2) is 35.5 Å². The molecular formula is C15H15Cl2NO3. The molecule has 21 heavy (non-hydrogen) atoms. The summed E-state index contributed by atoms with van der Waals surface area (Å²) in [6, 6.07) is 3.28. The van der Waals surface area contributed by atoms with Crippen molar-refractivity contribution in [3.05, 3.63) is 33.3 Å². The summed E-state index contributed by atoms with van der Waals surface area (Å²) in [5.41, 5.74) is 0.241. The number of nitrogens with zero attached hydrogens (tertiary/aromatic N) is 1. The molecule has 2 fully saturated rings. The summed E-state index contributed by atoms with van der Waals surface area (Å²) in [7, 11) is 0. The summed E-state index contributed by atoms with van der Waals surface area (Å²) in [5, 5.41) is 0.836. The molecule has 1 amide bonds. The van der Waals surface area contributed by atoms with Crippen molar-refractivity contribution < 1.29 is 14.3 Å². The van der Waals surface area contributed by atoms with Gasteiger partial charge >= 0.3 is 0 Å². The Morgan fingerprint density at radius 2 is 2.05 bits per heavy atom. The molecule has 2 aliphatic rings. The summed E-state index contributed by atoms with van der Waals surface area (Å²) in [6.07, 6.45) is 0.768. The van der Waals surface area contributed by atoms with E-state index < -0.39 is 11.6 Å². The fourth-order valence-corrected chi connectivity index (χ4v) is 3.72. The van der Waals surface area contributed by atoms with Crippen LogP contribution in [0.5, 0.6) is 0 Å². The van der Waals surface area contributed by atoms with Crippen LogP contribution in [0.15, 0.2) is 12.1 Å². The number of carbonyl (C=O) groups excluding carboxylic acids is 2. The summed E-state index contributed by atoms with van der Waals surface area (Å²) in [4.78, 5) is 26.9. The fourth-order valence-electron chi connectivity index (χ4n) is 3.02. The Hall–Kier alpha value is -1.10. The monoisotopic (exact) mass is 327 g/mol. The second-order valence-electron chi connectivity index (χ2n) is 5.48. The number of halogens is 2. The van der Waals surface area contributed by atoms with Crippen molar-refractivity contribution in [1.82, 2.24) is 4.90 Å². The highest BCUT2D eigenvalue weighted by Gasteiger charge is 2.68. The molecule has 1 aromatic rings. The number of rotatable bonds is 3. The Bertz CT molecular complexity index is 617. The van der Waals surface area contributed by atoms with Crippen molar-refractivity contribution in [2.75, 3.05) is 13.2 Å². The zero-order valence-corrected chi connectivity index (χ0v) is 13.3. The van der Waals surface area contributed by atoms with E-state index in [-0.39, 0.29) is 18.3 Å². The van der Waals surface area contributed by atoms with Crippen molar-refractivity contribution in [3.8, 4) is 0 Å². The third kappa shape index (κ3) is 2.08. The molecule has 1 aromatic carbocycles. The summed E-state index contributed by atoms with van der Waals surface area (Å²) in [6.45, 7) is 4.54. The molecular weight excluding hydrogens is 313 g/mol. The summed E-state index contributed by atoms with van der Waals surface area (Å²) < 4.78 is 5.35. The van der Waals surface area contributed by atoms with Gasteiger partial charge in [0.05, 0.1) is 0 Å². The number of ketones is 1. The lowest BCUT2D eigenvalue weighted by Gasteiger charge is -2.19. The number of hydrogen-bond donors (Lipinski definition) is 0. The number of ether oxygens (including phenoxy) is 1. The van der Waals surface area contributed by atoms with Crippen molar-refractivity contribution in [1.29, 1.82) is 0 Å². The van der Waals surface area contributed by atoms with Gasteiger partial charge in [-0.3, -0.25) is 9.59 Å². The maximum Gasteiger partial charge on any atom is 0.240 e. The lowest BCUT2D eigenvalue weighted by molar-refractivity contribution is -0.132. The van der Waals surface area contributed by atoms with Crippen LogP contribution in [0.25, 0.3) is 0 Å². The first-order valence-corrected chi connectivity index (χ1v) is 7.63. The number of likely N-dealkylation sites (tertiary alicyclic amines) is 1. The van der Waals surface area contributed by atoms with Crippen LogP contribution in [0.1, 0.15) is 30.4 Å². The number of benzene rings is 1. The van der Waals surface area contributed by atoms with Gasteiger partial charge in [-0.15, -0.1) is 0 Å². The second-order valence-corrected chi connectivity index (χ2v) is 6.32. The average molecular weight is 328 g/mol. The van der Waals surface area contributed by atoms with E-state index in [1.165, 1.54) is 0 Å². The third-order valence-corrected chi connectivity index (χ3v) is 4.58. The normalized spacial score (nSPS) is 27.8. The molecule has 0 saturated carbocycles. The lowest BCUT2D eigenvalue weighted by atomic mass is 9.91. The van der Waals surface area contributed by atoms with Gasteiger partial charge in [-0.2, -0.15) is 0 Å². The number of carbonyl (C=O) groups is 2. The Morgan fingerprint density at radius 3 is 2.57 bits per heavy atom. The first-order valence-electron chi connectivity index (χ1n) is 6.87. The number of epoxide rings is 1. The van der Waals surface area contributed by atoms with Gasteiger partial charge in [0.1, 0.15) is 12.5 Å². The van der Waals surface area contributed by atoms with Gasteiger partial charge in [0.2, 0.25) is 17.4 Å². The molecule has 0 radical (unpaired) electrons. The van der Waals surface area contributed by atoms with Gasteiger partial charge in [-0.25, -0.2) is 0 Å². The Labute approximate surface area is 133 Å². The van der Waals surface area contributed by atoms with E-state index in [4.69, 9.17) is 27.9 Å². The van der Waals surface area contributed by atoms with Crippen LogP contribution in [0.3, 0.4) is 0 Å². The molecule has 2 aliphatic heterocycles. The standard InChI is InChI=1S/C15H15Cl2NO3/c1-3-4-18-14(20)12(13(19)15(18)7-21-15)11-8(2)5-9(16)6-10(11)17/h5-6,12H,3-4,7H2,1-2H3. The fraction of sp³-hybridized carbons (Fsp3) is 0.467. The molecule has 112 valence electrons. The van der Waals surface area contributed by atoms with Gasteiger partial charge in [0, 0.05) is 16.6 Å². The van der Waals surface area contributed by atoms with E-state index in [9.17, 15) is 9.59 Å². The largest absolute Gasteiger partial charge is 0.341 e. The van der Waals surface area contributed by atoms with Gasteiger partial charge in [-0.05, 0) is 36.6 Å². The van der Waals surface area contributed by atoms with Crippen molar-refractivity contribution in [2.45, 2.75) is 31.9 Å². The Balaban J connectivity index is 2.08. The van der Waals surface area contributed by atoms with Crippen LogP contribution in [0, 0.1) is 6.92 Å². The first-order chi connectivity index (χ1) is 9.92. The minimum absolute atomic E-state index is 0.215. The number of Topliss-reactive ketones (excluding diaryl/α,β-unsaturated/α-hetero) is 1. The number of amides is 1. The van der Waals surface area contributed by atoms with Gasteiger partial charge < -0.3 is 9.64 Å². The minimum Gasteiger partial charge on any atom is -0.341 e. The molecule has 0 bridgehead atoms. The van der Waals surface area contributed by atoms with E-state index in [0.29, 0.717) is 22.2 Å². The van der Waals surface area contributed by atoms with Gasteiger partial charge in [0.15, 0.2) is 0 Å². The van der Waals surface area contributed by atoms with Crippen LogP contribution in [-0.2, 0) is 14.3 Å². The molecule has 3 rings (SSSR count). The van der Waals surface area contributed by atoms with Gasteiger partial charge in [-0.1, -0.05) is 30.1 Å². The smallest absolute Gasteiger partial charge is 0.240 e. The van der Waals surface area contributed by atoms with Crippen molar-refractivity contribution in [2.24, 2.45) is 0 Å². The highest BCUT2D eigenvalue weighted by atomic mass is 35.5. The molecule has 2 heterocycles. The van der Waals surface area contributed by atoms with E-state index in [1.807, 2.05) is 6.92 Å². The third-order valence-electron chi connectivity index (χ3n) is 4.05. The molecule has 1 spiro atoms. The highest BCUT2D eigenvalue weighted by Crippen LogP contribution is 2.47. The molecule has 0 N–H and O–H groups in total. The zero-order valence-electron chi connectivity index (χ0n) is 11.8. The maximum atomic E-state index is 12.7. The molecule has 4 nitrogen and oxygen atoms in total. The second kappa shape index (κ2) is 4.97. The van der Waals surface area contributed by atoms with Crippen LogP contribution in [0.4, 0.5) is 0 Å². The summed E-state index contributed by atoms with van der Waals surface area (Å²) >= 11 is 12.2. The van der Waals surface area contributed by atoms with E-state index >= 15 is 0 Å². The molecule has 2 atom stereocenters. The molecule has 2 saturated heterocycles.